The standard InChI is InChI=1S/C19H14N6O2/c26-15-10-11-16(27)24(15)23-19-20-14-9-5-4-8-13(14)18-21-17(22-25(18)19)12-6-2-1-3-7-12/h1-9H,10-11H2,(H,20,23). The summed E-state index contributed by atoms with van der Waals surface area (Å²) in [6, 6.07) is 17.1. The minimum absolute atomic E-state index is 0.190. The summed E-state index contributed by atoms with van der Waals surface area (Å²) in [7, 11) is 0. The molecule has 4 aromatic rings. The van der Waals surface area contributed by atoms with E-state index in [1.807, 2.05) is 54.6 Å². The minimum Gasteiger partial charge on any atom is -0.273 e. The molecule has 0 radical (unpaired) electrons. The number of rotatable bonds is 3. The molecule has 0 bridgehead atoms. The third-order valence-electron chi connectivity index (χ3n) is 4.47. The summed E-state index contributed by atoms with van der Waals surface area (Å²) in [6.45, 7) is 0. The second-order valence-electron chi connectivity index (χ2n) is 6.22. The van der Waals surface area contributed by atoms with Crippen molar-refractivity contribution in [1.29, 1.82) is 0 Å². The number of carbonyl (C=O) groups excluding carboxylic acids is 2. The van der Waals surface area contributed by atoms with Gasteiger partial charge in [-0.15, -0.1) is 5.10 Å². The van der Waals surface area contributed by atoms with Gasteiger partial charge in [0, 0.05) is 23.8 Å². The fourth-order valence-corrected chi connectivity index (χ4v) is 3.14. The number of fused-ring (bicyclic) bond motifs is 3. The molecule has 0 atom stereocenters. The molecule has 8 nitrogen and oxygen atoms in total. The lowest BCUT2D eigenvalue weighted by molar-refractivity contribution is -0.136. The number of imide groups is 1. The Bertz CT molecular complexity index is 1190. The Balaban J connectivity index is 1.72. The van der Waals surface area contributed by atoms with Gasteiger partial charge in [-0.1, -0.05) is 42.5 Å². The van der Waals surface area contributed by atoms with E-state index in [4.69, 9.17) is 0 Å². The van der Waals surface area contributed by atoms with Crippen LogP contribution >= 0.6 is 0 Å². The van der Waals surface area contributed by atoms with Crippen molar-refractivity contribution in [3.63, 3.8) is 0 Å². The number of aromatic nitrogens is 4. The Labute approximate surface area is 153 Å². The van der Waals surface area contributed by atoms with Gasteiger partial charge in [-0.2, -0.15) is 9.52 Å². The summed E-state index contributed by atoms with van der Waals surface area (Å²) < 4.78 is 1.53. The number of hydrogen-bond donors (Lipinski definition) is 1. The number of benzene rings is 2. The van der Waals surface area contributed by atoms with Crippen LogP contribution in [0.4, 0.5) is 5.95 Å². The molecule has 5 rings (SSSR count). The second-order valence-corrected chi connectivity index (χ2v) is 6.22. The molecular weight excluding hydrogens is 344 g/mol. The molecule has 3 heterocycles. The van der Waals surface area contributed by atoms with Crippen LogP contribution in [0.25, 0.3) is 27.9 Å². The van der Waals surface area contributed by atoms with Crippen molar-refractivity contribution in [2.75, 3.05) is 5.43 Å². The highest BCUT2D eigenvalue weighted by molar-refractivity contribution is 6.03. The van der Waals surface area contributed by atoms with Crippen LogP contribution in [-0.4, -0.2) is 36.4 Å². The predicted octanol–water partition coefficient (Wildman–Crippen LogP) is 2.42. The predicted molar refractivity (Wildman–Crippen MR) is 98.4 cm³/mol. The smallest absolute Gasteiger partial charge is 0.248 e. The average Bonchev–Trinajstić information content (AvgIpc) is 3.28. The summed E-state index contributed by atoms with van der Waals surface area (Å²) in [4.78, 5) is 33.2. The lowest BCUT2D eigenvalue weighted by Crippen LogP contribution is -2.36. The van der Waals surface area contributed by atoms with Gasteiger partial charge >= 0.3 is 0 Å². The molecule has 1 N–H and O–H groups in total. The van der Waals surface area contributed by atoms with Crippen LogP contribution in [0.1, 0.15) is 12.8 Å². The van der Waals surface area contributed by atoms with Crippen LogP contribution < -0.4 is 5.43 Å². The molecule has 0 unspecified atom stereocenters. The number of anilines is 1. The van der Waals surface area contributed by atoms with Gasteiger partial charge in [-0.3, -0.25) is 15.0 Å². The molecule has 1 aliphatic rings. The molecule has 2 amide bonds. The van der Waals surface area contributed by atoms with Gasteiger partial charge in [0.1, 0.15) is 0 Å². The van der Waals surface area contributed by atoms with Gasteiger partial charge in [-0.25, -0.2) is 9.97 Å². The Morgan fingerprint density at radius 2 is 1.56 bits per heavy atom. The van der Waals surface area contributed by atoms with E-state index in [2.05, 4.69) is 20.5 Å². The third-order valence-corrected chi connectivity index (χ3v) is 4.47. The lowest BCUT2D eigenvalue weighted by Gasteiger charge is -2.16. The highest BCUT2D eigenvalue weighted by atomic mass is 16.2. The molecule has 132 valence electrons. The normalized spacial score (nSPS) is 14.4. The van der Waals surface area contributed by atoms with E-state index in [1.165, 1.54) is 4.52 Å². The van der Waals surface area contributed by atoms with E-state index in [0.717, 1.165) is 16.0 Å². The SMILES string of the molecule is O=C1CCC(=O)N1Nc1nc2ccccc2c2nc(-c3ccccc3)nn12. The van der Waals surface area contributed by atoms with Crippen LogP contribution in [0.2, 0.25) is 0 Å². The molecule has 0 spiro atoms. The third kappa shape index (κ3) is 2.50. The van der Waals surface area contributed by atoms with Crippen molar-refractivity contribution in [3.05, 3.63) is 54.6 Å². The van der Waals surface area contributed by atoms with E-state index in [9.17, 15) is 9.59 Å². The molecule has 1 aliphatic heterocycles. The zero-order valence-corrected chi connectivity index (χ0v) is 14.2. The van der Waals surface area contributed by atoms with Crippen molar-refractivity contribution in [3.8, 4) is 11.4 Å². The summed E-state index contributed by atoms with van der Waals surface area (Å²) in [5.41, 5.74) is 4.98. The Morgan fingerprint density at radius 1 is 0.852 bits per heavy atom. The van der Waals surface area contributed by atoms with E-state index in [0.29, 0.717) is 17.0 Å². The van der Waals surface area contributed by atoms with Gasteiger partial charge in [-0.05, 0) is 12.1 Å². The van der Waals surface area contributed by atoms with E-state index >= 15 is 0 Å². The van der Waals surface area contributed by atoms with Gasteiger partial charge in [0.15, 0.2) is 11.5 Å². The molecule has 1 fully saturated rings. The van der Waals surface area contributed by atoms with Crippen LogP contribution in [-0.2, 0) is 9.59 Å². The highest BCUT2D eigenvalue weighted by Gasteiger charge is 2.30. The number of amides is 2. The average molecular weight is 358 g/mol. The van der Waals surface area contributed by atoms with E-state index in [1.54, 1.807) is 0 Å². The van der Waals surface area contributed by atoms with Crippen molar-refractivity contribution in [1.82, 2.24) is 24.6 Å². The molecule has 2 aromatic heterocycles. The number of carbonyl (C=O) groups is 2. The van der Waals surface area contributed by atoms with Gasteiger partial charge in [0.2, 0.25) is 17.8 Å². The Hall–Kier alpha value is -3.81. The number of nitrogens with one attached hydrogen (secondary N) is 1. The maximum Gasteiger partial charge on any atom is 0.248 e. The lowest BCUT2D eigenvalue weighted by atomic mass is 10.2. The molecular formula is C19H14N6O2. The number of nitrogens with zero attached hydrogens (tertiary/aromatic N) is 5. The van der Waals surface area contributed by atoms with Crippen molar-refractivity contribution in [2.45, 2.75) is 12.8 Å². The number of hydrazine groups is 1. The van der Waals surface area contributed by atoms with Crippen LogP contribution in [0.3, 0.4) is 0 Å². The molecule has 0 aliphatic carbocycles. The maximum absolute atomic E-state index is 12.0. The summed E-state index contributed by atoms with van der Waals surface area (Å²) in [6.07, 6.45) is 0.379. The second kappa shape index (κ2) is 5.87. The Kier molecular flexibility index (Phi) is 3.36. The molecule has 2 aromatic carbocycles. The zero-order valence-electron chi connectivity index (χ0n) is 14.2. The fourth-order valence-electron chi connectivity index (χ4n) is 3.14. The van der Waals surface area contributed by atoms with E-state index < -0.39 is 0 Å². The highest BCUT2D eigenvalue weighted by Crippen LogP contribution is 2.25. The summed E-state index contributed by atoms with van der Waals surface area (Å²) in [5.74, 6) is 0.232. The largest absolute Gasteiger partial charge is 0.273 e. The van der Waals surface area contributed by atoms with Crippen molar-refractivity contribution >= 4 is 34.3 Å². The van der Waals surface area contributed by atoms with Crippen molar-refractivity contribution < 1.29 is 9.59 Å². The first-order chi connectivity index (χ1) is 13.2. The topological polar surface area (TPSA) is 92.5 Å². The first-order valence-electron chi connectivity index (χ1n) is 8.54. The van der Waals surface area contributed by atoms with Crippen molar-refractivity contribution in [2.24, 2.45) is 0 Å². The van der Waals surface area contributed by atoms with Gasteiger partial charge < -0.3 is 0 Å². The molecule has 27 heavy (non-hydrogen) atoms. The maximum atomic E-state index is 12.0. The molecule has 1 saturated heterocycles. The minimum atomic E-state index is -0.286. The van der Waals surface area contributed by atoms with Crippen LogP contribution in [0, 0.1) is 0 Å². The number of hydrogen-bond acceptors (Lipinski definition) is 6. The summed E-state index contributed by atoms with van der Waals surface area (Å²) >= 11 is 0. The van der Waals surface area contributed by atoms with Crippen LogP contribution in [0.5, 0.6) is 0 Å². The first-order valence-corrected chi connectivity index (χ1v) is 8.54. The first kappa shape index (κ1) is 15.4. The van der Waals surface area contributed by atoms with E-state index in [-0.39, 0.29) is 30.6 Å². The Morgan fingerprint density at radius 3 is 2.33 bits per heavy atom. The molecule has 8 heteroatoms. The zero-order chi connectivity index (χ0) is 18.4. The fraction of sp³-hybridized carbons (Fsp3) is 0.105. The number of para-hydroxylation sites is 1. The van der Waals surface area contributed by atoms with Gasteiger partial charge in [0.05, 0.1) is 5.52 Å². The summed E-state index contributed by atoms with van der Waals surface area (Å²) in [5, 5.41) is 6.39. The molecule has 0 saturated carbocycles. The van der Waals surface area contributed by atoms with Crippen LogP contribution in [0.15, 0.2) is 54.6 Å². The quantitative estimate of drug-likeness (QED) is 0.566. The van der Waals surface area contributed by atoms with Gasteiger partial charge in [0.25, 0.3) is 0 Å². The monoisotopic (exact) mass is 358 g/mol.